The highest BCUT2D eigenvalue weighted by atomic mass is 32.2. The van der Waals surface area contributed by atoms with E-state index in [2.05, 4.69) is 0 Å². The molecule has 0 aliphatic carbocycles. The van der Waals surface area contributed by atoms with E-state index in [0.717, 1.165) is 0 Å². The van der Waals surface area contributed by atoms with Crippen LogP contribution in [0.2, 0.25) is 0 Å². The summed E-state index contributed by atoms with van der Waals surface area (Å²) in [7, 11) is -0.186. The Morgan fingerprint density at radius 1 is 1.11 bits per heavy atom. The van der Waals surface area contributed by atoms with Crippen LogP contribution in [0.25, 0.3) is 0 Å². The van der Waals surface area contributed by atoms with Gasteiger partial charge >= 0.3 is 0 Å². The van der Waals surface area contributed by atoms with Crippen molar-refractivity contribution in [3.63, 3.8) is 0 Å². The first-order valence-electron chi connectivity index (χ1n) is 9.01. The van der Waals surface area contributed by atoms with Gasteiger partial charge in [-0.15, -0.1) is 0 Å². The number of hydrogen-bond donors (Lipinski definition) is 0. The van der Waals surface area contributed by atoms with Crippen molar-refractivity contribution in [3.05, 3.63) is 18.2 Å². The van der Waals surface area contributed by atoms with Gasteiger partial charge in [-0.3, -0.25) is 9.59 Å². The number of hydrogen-bond acceptors (Lipinski definition) is 6. The quantitative estimate of drug-likeness (QED) is 0.685. The monoisotopic (exact) mass is 411 g/mol. The predicted octanol–water partition coefficient (Wildman–Crippen LogP) is 0.161. The Morgan fingerprint density at radius 3 is 2.36 bits per heavy atom. The fourth-order valence-electron chi connectivity index (χ4n) is 3.61. The molecular formula is C18H25N3O6S. The zero-order chi connectivity index (χ0) is 20.5. The topological polar surface area (TPSA) is 96.5 Å². The van der Waals surface area contributed by atoms with E-state index in [1.807, 2.05) is 0 Å². The molecule has 0 spiro atoms. The van der Waals surface area contributed by atoms with Gasteiger partial charge in [-0.2, -0.15) is 4.31 Å². The van der Waals surface area contributed by atoms with Gasteiger partial charge in [0.05, 0.1) is 32.1 Å². The highest BCUT2D eigenvalue weighted by molar-refractivity contribution is 7.88. The van der Waals surface area contributed by atoms with Crippen LogP contribution in [0.4, 0.5) is 5.69 Å². The van der Waals surface area contributed by atoms with Crippen molar-refractivity contribution in [1.82, 2.24) is 9.21 Å². The highest BCUT2D eigenvalue weighted by Crippen LogP contribution is 2.36. The van der Waals surface area contributed by atoms with Gasteiger partial charge in [-0.1, -0.05) is 0 Å². The summed E-state index contributed by atoms with van der Waals surface area (Å²) in [5, 5.41) is 0. The van der Waals surface area contributed by atoms with Gasteiger partial charge in [0, 0.05) is 45.2 Å². The van der Waals surface area contributed by atoms with Gasteiger partial charge in [-0.05, 0) is 12.1 Å². The van der Waals surface area contributed by atoms with E-state index in [0.29, 0.717) is 30.3 Å². The van der Waals surface area contributed by atoms with Gasteiger partial charge < -0.3 is 19.3 Å². The highest BCUT2D eigenvalue weighted by Gasteiger charge is 2.39. The summed E-state index contributed by atoms with van der Waals surface area (Å²) < 4.78 is 35.2. The molecule has 1 aromatic carbocycles. The van der Waals surface area contributed by atoms with Gasteiger partial charge in [0.1, 0.15) is 11.5 Å². The molecule has 2 saturated heterocycles. The lowest BCUT2D eigenvalue weighted by atomic mass is 10.1. The number of nitrogens with zero attached hydrogens (tertiary/aromatic N) is 3. The lowest BCUT2D eigenvalue weighted by molar-refractivity contribution is -0.136. The molecule has 10 heteroatoms. The Hall–Kier alpha value is -2.33. The SMILES string of the molecule is COc1ccc(N2C[C@H](C(=O)N3CCN(S(C)(=O)=O)CC3)CC2=O)c(OC)c1. The second-order valence-electron chi connectivity index (χ2n) is 6.93. The molecule has 0 bridgehead atoms. The van der Waals surface area contributed by atoms with Crippen molar-refractivity contribution in [2.24, 2.45) is 5.92 Å². The zero-order valence-corrected chi connectivity index (χ0v) is 17.1. The first-order chi connectivity index (χ1) is 13.2. The van der Waals surface area contributed by atoms with Crippen molar-refractivity contribution in [2.45, 2.75) is 6.42 Å². The van der Waals surface area contributed by atoms with E-state index in [-0.39, 0.29) is 37.9 Å². The zero-order valence-electron chi connectivity index (χ0n) is 16.3. The number of carbonyl (C=O) groups excluding carboxylic acids is 2. The molecule has 3 rings (SSSR count). The first kappa shape index (κ1) is 20.4. The number of rotatable bonds is 5. The van der Waals surface area contributed by atoms with E-state index in [4.69, 9.17) is 9.47 Å². The molecule has 9 nitrogen and oxygen atoms in total. The van der Waals surface area contributed by atoms with Crippen LogP contribution in [-0.2, 0) is 19.6 Å². The molecule has 2 aliphatic rings. The van der Waals surface area contributed by atoms with Gasteiger partial charge in [-0.25, -0.2) is 8.42 Å². The molecule has 0 unspecified atom stereocenters. The lowest BCUT2D eigenvalue weighted by Gasteiger charge is -2.34. The molecule has 0 saturated carbocycles. The Balaban J connectivity index is 1.69. The molecular weight excluding hydrogens is 386 g/mol. The third-order valence-electron chi connectivity index (χ3n) is 5.17. The number of methoxy groups -OCH3 is 2. The molecule has 2 amide bonds. The number of ether oxygens (including phenoxy) is 2. The fraction of sp³-hybridized carbons (Fsp3) is 0.556. The second-order valence-corrected chi connectivity index (χ2v) is 8.91. The van der Waals surface area contributed by atoms with Gasteiger partial charge in [0.15, 0.2) is 0 Å². The summed E-state index contributed by atoms with van der Waals surface area (Å²) in [6.45, 7) is 1.50. The molecule has 28 heavy (non-hydrogen) atoms. The maximum atomic E-state index is 12.9. The maximum absolute atomic E-state index is 12.9. The summed E-state index contributed by atoms with van der Waals surface area (Å²) in [5.41, 5.74) is 0.602. The Morgan fingerprint density at radius 2 is 1.79 bits per heavy atom. The molecule has 0 radical (unpaired) electrons. The average Bonchev–Trinajstić information content (AvgIpc) is 3.07. The molecule has 0 N–H and O–H groups in total. The fourth-order valence-corrected chi connectivity index (χ4v) is 4.44. The maximum Gasteiger partial charge on any atom is 0.228 e. The molecule has 2 heterocycles. The summed E-state index contributed by atoms with van der Waals surface area (Å²) in [6.07, 6.45) is 1.29. The number of carbonyl (C=O) groups is 2. The minimum absolute atomic E-state index is 0.114. The number of amides is 2. The molecule has 2 aliphatic heterocycles. The van der Waals surface area contributed by atoms with E-state index in [9.17, 15) is 18.0 Å². The van der Waals surface area contributed by atoms with Crippen LogP contribution in [0, 0.1) is 5.92 Å². The summed E-state index contributed by atoms with van der Waals surface area (Å²) in [6, 6.07) is 5.18. The van der Waals surface area contributed by atoms with Crippen LogP contribution in [0.5, 0.6) is 11.5 Å². The smallest absolute Gasteiger partial charge is 0.228 e. The van der Waals surface area contributed by atoms with Crippen LogP contribution < -0.4 is 14.4 Å². The minimum atomic E-state index is -3.25. The minimum Gasteiger partial charge on any atom is -0.497 e. The van der Waals surface area contributed by atoms with Crippen LogP contribution in [-0.4, -0.2) is 82.6 Å². The first-order valence-corrected chi connectivity index (χ1v) is 10.9. The standard InChI is InChI=1S/C18H25N3O6S/c1-26-14-4-5-15(16(11-14)27-2)21-12-13(10-17(21)22)18(23)19-6-8-20(9-7-19)28(3,24)25/h4-5,11,13H,6-10,12H2,1-3H3/t13-/m1/s1. The largest absolute Gasteiger partial charge is 0.497 e. The molecule has 1 aromatic rings. The third kappa shape index (κ3) is 4.07. The van der Waals surface area contributed by atoms with Crippen LogP contribution in [0.1, 0.15) is 6.42 Å². The number of piperazine rings is 1. The molecule has 2 fully saturated rings. The summed E-state index contributed by atoms with van der Waals surface area (Å²) in [5.74, 6) is 0.406. The van der Waals surface area contributed by atoms with Crippen LogP contribution >= 0.6 is 0 Å². The Labute approximate surface area is 164 Å². The Kier molecular flexibility index (Phi) is 5.80. The van der Waals surface area contributed by atoms with E-state index in [1.54, 1.807) is 35.1 Å². The van der Waals surface area contributed by atoms with Gasteiger partial charge in [0.2, 0.25) is 21.8 Å². The normalized spacial score (nSPS) is 21.1. The third-order valence-corrected chi connectivity index (χ3v) is 6.47. The number of benzene rings is 1. The van der Waals surface area contributed by atoms with Crippen molar-refractivity contribution in [2.75, 3.05) is 58.1 Å². The van der Waals surface area contributed by atoms with Crippen LogP contribution in [0.3, 0.4) is 0 Å². The predicted molar refractivity (Wildman–Crippen MR) is 103 cm³/mol. The van der Waals surface area contributed by atoms with E-state index < -0.39 is 15.9 Å². The van der Waals surface area contributed by atoms with Crippen molar-refractivity contribution < 1.29 is 27.5 Å². The second kappa shape index (κ2) is 7.96. The molecule has 0 aromatic heterocycles. The van der Waals surface area contributed by atoms with Gasteiger partial charge in [0.25, 0.3) is 0 Å². The van der Waals surface area contributed by atoms with E-state index in [1.165, 1.54) is 17.7 Å². The number of anilines is 1. The van der Waals surface area contributed by atoms with E-state index >= 15 is 0 Å². The lowest BCUT2D eigenvalue weighted by Crippen LogP contribution is -2.51. The summed E-state index contributed by atoms with van der Waals surface area (Å²) >= 11 is 0. The van der Waals surface area contributed by atoms with Crippen molar-refractivity contribution in [1.29, 1.82) is 0 Å². The van der Waals surface area contributed by atoms with Crippen molar-refractivity contribution in [3.8, 4) is 11.5 Å². The summed E-state index contributed by atoms with van der Waals surface area (Å²) in [4.78, 5) is 28.6. The Bertz CT molecular complexity index is 864. The molecule has 1 atom stereocenters. The molecule has 154 valence electrons. The van der Waals surface area contributed by atoms with Crippen molar-refractivity contribution >= 4 is 27.5 Å². The average molecular weight is 411 g/mol. The van der Waals surface area contributed by atoms with Crippen LogP contribution in [0.15, 0.2) is 18.2 Å². The number of sulfonamides is 1.